The Labute approximate surface area is 98.5 Å². The van der Waals surface area contributed by atoms with Crippen LogP contribution in [-0.2, 0) is 4.79 Å². The van der Waals surface area contributed by atoms with Crippen molar-refractivity contribution < 1.29 is 19.1 Å². The minimum absolute atomic E-state index is 0.335. The van der Waals surface area contributed by atoms with E-state index in [1.165, 1.54) is 0 Å². The van der Waals surface area contributed by atoms with Crippen LogP contribution in [0.3, 0.4) is 0 Å². The number of carboxylic acids is 1. The second kappa shape index (κ2) is 5.43. The largest absolute Gasteiger partial charge is 0.480 e. The smallest absolute Gasteiger partial charge is 0.328 e. The van der Waals surface area contributed by atoms with Gasteiger partial charge >= 0.3 is 5.97 Å². The van der Waals surface area contributed by atoms with Crippen molar-refractivity contribution >= 4 is 11.9 Å². The van der Waals surface area contributed by atoms with Crippen LogP contribution in [0.2, 0.25) is 0 Å². The van der Waals surface area contributed by atoms with Gasteiger partial charge in [-0.3, -0.25) is 4.79 Å². The number of rotatable bonds is 4. The Morgan fingerprint density at radius 1 is 1.29 bits per heavy atom. The van der Waals surface area contributed by atoms with Crippen molar-refractivity contribution in [2.45, 2.75) is 19.9 Å². The molecule has 0 saturated carbocycles. The molecule has 1 rings (SSSR count). The van der Waals surface area contributed by atoms with Gasteiger partial charge in [-0.25, -0.2) is 9.18 Å². The number of carboxylic acid groups (broad SMARTS) is 1. The summed E-state index contributed by atoms with van der Waals surface area (Å²) in [6.07, 6.45) is 0. The first-order chi connectivity index (χ1) is 7.93. The first-order valence-electron chi connectivity index (χ1n) is 5.12. The van der Waals surface area contributed by atoms with Crippen molar-refractivity contribution in [1.29, 1.82) is 0 Å². The minimum Gasteiger partial charge on any atom is -0.480 e. The number of amides is 1. The molecule has 2 N–H and O–H groups in total. The number of nitrogens with one attached hydrogen (secondary N) is 1. The predicted octanol–water partition coefficient (Wildman–Crippen LogP) is 1.46. The highest BCUT2D eigenvalue weighted by molar-refractivity contribution is 5.96. The number of aryl methyl sites for hydroxylation is 2. The molecule has 1 amide bonds. The number of carbonyl (C=O) groups excluding carboxylic acids is 1. The average Bonchev–Trinajstić information content (AvgIpc) is 2.23. The lowest BCUT2D eigenvalue weighted by Gasteiger charge is -2.11. The van der Waals surface area contributed by atoms with Gasteiger partial charge in [-0.1, -0.05) is 17.2 Å². The first kappa shape index (κ1) is 13.2. The van der Waals surface area contributed by atoms with Crippen LogP contribution in [0.4, 0.5) is 4.39 Å². The molecule has 1 atom stereocenters. The van der Waals surface area contributed by atoms with E-state index in [1.807, 2.05) is 19.9 Å². The van der Waals surface area contributed by atoms with Crippen molar-refractivity contribution in [1.82, 2.24) is 5.32 Å². The van der Waals surface area contributed by atoms with Gasteiger partial charge in [0.25, 0.3) is 5.91 Å². The van der Waals surface area contributed by atoms with Gasteiger partial charge in [-0.15, -0.1) is 0 Å². The fourth-order valence-electron chi connectivity index (χ4n) is 1.51. The van der Waals surface area contributed by atoms with Gasteiger partial charge in [0.15, 0.2) is 6.04 Å². The van der Waals surface area contributed by atoms with Gasteiger partial charge < -0.3 is 10.4 Å². The summed E-state index contributed by atoms with van der Waals surface area (Å²) < 4.78 is 12.3. The van der Waals surface area contributed by atoms with E-state index in [2.05, 4.69) is 5.32 Å². The fraction of sp³-hybridized carbons (Fsp3) is 0.333. The Hall–Kier alpha value is -1.91. The third kappa shape index (κ3) is 3.55. The van der Waals surface area contributed by atoms with E-state index in [9.17, 15) is 14.0 Å². The monoisotopic (exact) mass is 239 g/mol. The highest BCUT2D eigenvalue weighted by Crippen LogP contribution is 2.09. The Morgan fingerprint density at radius 2 is 1.82 bits per heavy atom. The highest BCUT2D eigenvalue weighted by Gasteiger charge is 2.20. The average molecular weight is 239 g/mol. The summed E-state index contributed by atoms with van der Waals surface area (Å²) in [7, 11) is 0. The topological polar surface area (TPSA) is 66.4 Å². The van der Waals surface area contributed by atoms with E-state index in [0.717, 1.165) is 11.1 Å². The lowest BCUT2D eigenvalue weighted by atomic mass is 10.1. The first-order valence-corrected chi connectivity index (χ1v) is 5.12. The van der Waals surface area contributed by atoms with E-state index in [1.54, 1.807) is 12.1 Å². The molecular weight excluding hydrogens is 225 g/mol. The van der Waals surface area contributed by atoms with Crippen LogP contribution in [0.15, 0.2) is 18.2 Å². The van der Waals surface area contributed by atoms with Crippen LogP contribution in [-0.4, -0.2) is 29.7 Å². The maximum atomic E-state index is 12.3. The number of benzene rings is 1. The summed E-state index contributed by atoms with van der Waals surface area (Å²) in [5.41, 5.74) is 2.12. The van der Waals surface area contributed by atoms with Crippen molar-refractivity contribution in [3.63, 3.8) is 0 Å². The number of hydrogen-bond acceptors (Lipinski definition) is 2. The molecule has 0 spiro atoms. The third-order valence-corrected chi connectivity index (χ3v) is 2.24. The van der Waals surface area contributed by atoms with E-state index in [0.29, 0.717) is 5.56 Å². The molecule has 0 radical (unpaired) electrons. The maximum absolute atomic E-state index is 12.3. The Bertz CT molecular complexity index is 425. The Morgan fingerprint density at radius 3 is 2.24 bits per heavy atom. The van der Waals surface area contributed by atoms with Crippen LogP contribution < -0.4 is 5.32 Å². The zero-order valence-corrected chi connectivity index (χ0v) is 9.66. The van der Waals surface area contributed by atoms with Crippen LogP contribution in [0.25, 0.3) is 0 Å². The molecule has 4 nitrogen and oxygen atoms in total. The van der Waals surface area contributed by atoms with Gasteiger partial charge in [0.2, 0.25) is 0 Å². The zero-order chi connectivity index (χ0) is 13.0. The molecule has 0 heterocycles. The normalized spacial score (nSPS) is 11.9. The van der Waals surface area contributed by atoms with Gasteiger partial charge in [0.05, 0.1) is 0 Å². The highest BCUT2D eigenvalue weighted by atomic mass is 19.1. The number of halogens is 1. The minimum atomic E-state index is -1.50. The van der Waals surface area contributed by atoms with E-state index in [4.69, 9.17) is 5.11 Å². The summed E-state index contributed by atoms with van der Waals surface area (Å²) in [5.74, 6) is -1.97. The van der Waals surface area contributed by atoms with Gasteiger partial charge in [-0.05, 0) is 26.0 Å². The molecule has 5 heteroatoms. The summed E-state index contributed by atoms with van der Waals surface area (Å²) in [6.45, 7) is 2.52. The van der Waals surface area contributed by atoms with E-state index >= 15 is 0 Å². The van der Waals surface area contributed by atoms with E-state index < -0.39 is 24.6 Å². The van der Waals surface area contributed by atoms with Crippen molar-refractivity contribution in [2.75, 3.05) is 6.67 Å². The molecule has 0 fully saturated rings. The second-order valence-corrected chi connectivity index (χ2v) is 3.89. The SMILES string of the molecule is Cc1cc(C)cc(C(=O)NC(CF)C(=O)O)c1. The molecule has 0 aliphatic rings. The third-order valence-electron chi connectivity index (χ3n) is 2.24. The fourth-order valence-corrected chi connectivity index (χ4v) is 1.51. The predicted molar refractivity (Wildman–Crippen MR) is 60.8 cm³/mol. The zero-order valence-electron chi connectivity index (χ0n) is 9.66. The quantitative estimate of drug-likeness (QED) is 0.835. The number of alkyl halides is 1. The number of hydrogen-bond donors (Lipinski definition) is 2. The molecule has 1 aromatic carbocycles. The maximum Gasteiger partial charge on any atom is 0.328 e. The molecule has 17 heavy (non-hydrogen) atoms. The van der Waals surface area contributed by atoms with Crippen molar-refractivity contribution in [2.24, 2.45) is 0 Å². The molecule has 0 aliphatic heterocycles. The Kier molecular flexibility index (Phi) is 4.20. The van der Waals surface area contributed by atoms with Crippen LogP contribution in [0, 0.1) is 13.8 Å². The van der Waals surface area contributed by atoms with Crippen molar-refractivity contribution in [3.8, 4) is 0 Å². The summed E-state index contributed by atoms with van der Waals surface area (Å²) in [4.78, 5) is 22.3. The number of carbonyl (C=O) groups is 2. The van der Waals surface area contributed by atoms with E-state index in [-0.39, 0.29) is 0 Å². The molecule has 0 aliphatic carbocycles. The molecular formula is C12H14FNO3. The second-order valence-electron chi connectivity index (χ2n) is 3.89. The lowest BCUT2D eigenvalue weighted by Crippen LogP contribution is -2.42. The molecule has 1 unspecified atom stereocenters. The molecule has 1 aromatic rings. The van der Waals surface area contributed by atoms with Crippen LogP contribution in [0.5, 0.6) is 0 Å². The van der Waals surface area contributed by atoms with Crippen LogP contribution >= 0.6 is 0 Å². The van der Waals surface area contributed by atoms with Gasteiger partial charge in [0, 0.05) is 5.56 Å². The summed E-state index contributed by atoms with van der Waals surface area (Å²) >= 11 is 0. The summed E-state index contributed by atoms with van der Waals surface area (Å²) in [6, 6.07) is 3.64. The summed E-state index contributed by atoms with van der Waals surface area (Å²) in [5, 5.41) is 10.7. The van der Waals surface area contributed by atoms with Crippen molar-refractivity contribution in [3.05, 3.63) is 34.9 Å². The van der Waals surface area contributed by atoms with Crippen LogP contribution in [0.1, 0.15) is 21.5 Å². The number of aliphatic carboxylic acids is 1. The molecule has 0 saturated heterocycles. The lowest BCUT2D eigenvalue weighted by molar-refractivity contribution is -0.139. The molecule has 92 valence electrons. The standard InChI is InChI=1S/C12H14FNO3/c1-7-3-8(2)5-9(4-7)11(15)14-10(6-13)12(16)17/h3-5,10H,6H2,1-2H3,(H,14,15)(H,16,17). The van der Waals surface area contributed by atoms with Gasteiger partial charge in [0.1, 0.15) is 6.67 Å². The Balaban J connectivity index is 2.86. The molecule has 0 aromatic heterocycles. The molecule has 0 bridgehead atoms. The van der Waals surface area contributed by atoms with Gasteiger partial charge in [-0.2, -0.15) is 0 Å².